The van der Waals surface area contributed by atoms with Gasteiger partial charge in [0.05, 0.1) is 12.2 Å². The van der Waals surface area contributed by atoms with Gasteiger partial charge in [0.1, 0.15) is 0 Å². The van der Waals surface area contributed by atoms with Crippen molar-refractivity contribution in [3.05, 3.63) is 52.8 Å². The molecule has 0 amide bonds. The summed E-state index contributed by atoms with van der Waals surface area (Å²) in [5.74, 6) is 0. The predicted octanol–water partition coefficient (Wildman–Crippen LogP) is 2.69. The van der Waals surface area contributed by atoms with Gasteiger partial charge in [0.25, 0.3) is 0 Å². The maximum Gasteiger partial charge on any atom is 0.0663 e. The summed E-state index contributed by atoms with van der Waals surface area (Å²) in [4.78, 5) is 0. The zero-order valence-electron chi connectivity index (χ0n) is 9.86. The van der Waals surface area contributed by atoms with E-state index in [1.165, 1.54) is 11.3 Å². The normalized spacial score (nSPS) is 10.7. The molecular formula is C13H16ClN3. The Bertz CT molecular complexity index is 462. The van der Waals surface area contributed by atoms with Crippen molar-refractivity contribution in [3.63, 3.8) is 0 Å². The molecule has 90 valence electrons. The summed E-state index contributed by atoms with van der Waals surface area (Å²) in [7, 11) is 0. The van der Waals surface area contributed by atoms with Gasteiger partial charge in [0.15, 0.2) is 0 Å². The van der Waals surface area contributed by atoms with E-state index in [4.69, 9.17) is 11.6 Å². The van der Waals surface area contributed by atoms with Crippen molar-refractivity contribution in [2.75, 3.05) is 6.54 Å². The predicted molar refractivity (Wildman–Crippen MR) is 70.2 cm³/mol. The van der Waals surface area contributed by atoms with Gasteiger partial charge >= 0.3 is 0 Å². The molecule has 0 aliphatic carbocycles. The molecule has 0 radical (unpaired) electrons. The van der Waals surface area contributed by atoms with Crippen molar-refractivity contribution in [1.29, 1.82) is 0 Å². The van der Waals surface area contributed by atoms with Crippen LogP contribution in [0.5, 0.6) is 0 Å². The van der Waals surface area contributed by atoms with Crippen LogP contribution in [0.4, 0.5) is 0 Å². The highest BCUT2D eigenvalue weighted by molar-refractivity contribution is 6.30. The molecule has 4 heteroatoms. The number of nitrogens with zero attached hydrogens (tertiary/aromatic N) is 2. The highest BCUT2D eigenvalue weighted by Gasteiger charge is 2.02. The number of aromatic nitrogens is 2. The third-order valence-electron chi connectivity index (χ3n) is 2.61. The summed E-state index contributed by atoms with van der Waals surface area (Å²) < 4.78 is 2.01. The Morgan fingerprint density at radius 1 is 1.24 bits per heavy atom. The maximum atomic E-state index is 5.86. The van der Waals surface area contributed by atoms with Crippen LogP contribution in [-0.4, -0.2) is 16.3 Å². The van der Waals surface area contributed by atoms with Crippen molar-refractivity contribution < 1.29 is 0 Å². The van der Waals surface area contributed by atoms with E-state index in [1.807, 2.05) is 41.2 Å². The lowest BCUT2D eigenvalue weighted by atomic mass is 10.2. The Hall–Kier alpha value is -1.32. The average Bonchev–Trinajstić information content (AvgIpc) is 2.77. The van der Waals surface area contributed by atoms with Gasteiger partial charge in [0.2, 0.25) is 0 Å². The minimum absolute atomic E-state index is 0.766. The van der Waals surface area contributed by atoms with Gasteiger partial charge in [-0.15, -0.1) is 0 Å². The topological polar surface area (TPSA) is 29.9 Å². The lowest BCUT2D eigenvalue weighted by Crippen LogP contribution is -2.16. The Labute approximate surface area is 106 Å². The molecule has 0 saturated heterocycles. The fourth-order valence-corrected chi connectivity index (χ4v) is 1.79. The summed E-state index contributed by atoms with van der Waals surface area (Å²) in [6, 6.07) is 9.91. The number of nitrogens with one attached hydrogen (secondary N) is 1. The van der Waals surface area contributed by atoms with Crippen molar-refractivity contribution >= 4 is 11.6 Å². The smallest absolute Gasteiger partial charge is 0.0663 e. The number of hydrogen-bond acceptors (Lipinski definition) is 2. The van der Waals surface area contributed by atoms with Gasteiger partial charge in [0, 0.05) is 17.8 Å². The second kappa shape index (κ2) is 5.84. The fraction of sp³-hybridized carbons (Fsp3) is 0.308. The molecule has 2 aromatic rings. The van der Waals surface area contributed by atoms with Gasteiger partial charge in [-0.1, -0.05) is 30.7 Å². The Balaban J connectivity index is 2.07. The summed E-state index contributed by atoms with van der Waals surface area (Å²) in [6.07, 6.45) is 1.84. The summed E-state index contributed by atoms with van der Waals surface area (Å²) in [5, 5.41) is 8.40. The molecule has 1 heterocycles. The maximum absolute atomic E-state index is 5.86. The average molecular weight is 250 g/mol. The molecule has 3 nitrogen and oxygen atoms in total. The number of halogens is 1. The van der Waals surface area contributed by atoms with Crippen LogP contribution in [0, 0.1) is 0 Å². The molecule has 17 heavy (non-hydrogen) atoms. The lowest BCUT2D eigenvalue weighted by molar-refractivity contribution is 0.606. The molecule has 0 atom stereocenters. The zero-order chi connectivity index (χ0) is 12.1. The molecule has 0 aliphatic heterocycles. The molecule has 1 aromatic heterocycles. The largest absolute Gasteiger partial charge is 0.311 e. The molecule has 2 rings (SSSR count). The van der Waals surface area contributed by atoms with E-state index < -0.39 is 0 Å². The van der Waals surface area contributed by atoms with E-state index in [-0.39, 0.29) is 0 Å². The van der Waals surface area contributed by atoms with Crippen LogP contribution in [0.3, 0.4) is 0 Å². The minimum atomic E-state index is 0.766. The third-order valence-corrected chi connectivity index (χ3v) is 2.86. The molecule has 0 spiro atoms. The van der Waals surface area contributed by atoms with E-state index in [0.29, 0.717) is 0 Å². The zero-order valence-corrected chi connectivity index (χ0v) is 10.6. The fourth-order valence-electron chi connectivity index (χ4n) is 1.67. The molecular weight excluding hydrogens is 234 g/mol. The molecule has 1 aromatic carbocycles. The molecule has 0 fully saturated rings. The van der Waals surface area contributed by atoms with Gasteiger partial charge in [-0.2, -0.15) is 5.10 Å². The summed E-state index contributed by atoms with van der Waals surface area (Å²) in [6.45, 7) is 4.70. The highest BCUT2D eigenvalue weighted by atomic mass is 35.5. The Morgan fingerprint density at radius 2 is 2.00 bits per heavy atom. The number of hydrogen-bond donors (Lipinski definition) is 1. The monoisotopic (exact) mass is 249 g/mol. The van der Waals surface area contributed by atoms with Crippen molar-refractivity contribution in [2.24, 2.45) is 0 Å². The van der Waals surface area contributed by atoms with Crippen molar-refractivity contribution in [2.45, 2.75) is 20.0 Å². The first kappa shape index (κ1) is 12.1. The van der Waals surface area contributed by atoms with Crippen LogP contribution in [0.1, 0.15) is 18.2 Å². The first-order valence-electron chi connectivity index (χ1n) is 5.75. The standard InChI is InChI=1S/C13H16ClN3/c1-2-15-9-13-7-8-16-17(13)10-11-3-5-12(14)6-4-11/h3-8,15H,2,9-10H2,1H3. The van der Waals surface area contributed by atoms with E-state index in [1.54, 1.807) is 0 Å². The molecule has 0 unspecified atom stereocenters. The first-order chi connectivity index (χ1) is 8.29. The van der Waals surface area contributed by atoms with Gasteiger partial charge in [-0.25, -0.2) is 0 Å². The van der Waals surface area contributed by atoms with E-state index in [0.717, 1.165) is 24.7 Å². The van der Waals surface area contributed by atoms with E-state index in [2.05, 4.69) is 17.3 Å². The van der Waals surface area contributed by atoms with Crippen LogP contribution < -0.4 is 5.32 Å². The minimum Gasteiger partial charge on any atom is -0.311 e. The van der Waals surface area contributed by atoms with Gasteiger partial charge in [-0.3, -0.25) is 4.68 Å². The summed E-state index contributed by atoms with van der Waals surface area (Å²) in [5.41, 5.74) is 2.40. The summed E-state index contributed by atoms with van der Waals surface area (Å²) >= 11 is 5.86. The van der Waals surface area contributed by atoms with Crippen LogP contribution in [-0.2, 0) is 13.1 Å². The van der Waals surface area contributed by atoms with Gasteiger partial charge < -0.3 is 5.32 Å². The Kier molecular flexibility index (Phi) is 4.18. The quantitative estimate of drug-likeness (QED) is 0.883. The Morgan fingerprint density at radius 3 is 2.71 bits per heavy atom. The van der Waals surface area contributed by atoms with E-state index in [9.17, 15) is 0 Å². The molecule has 0 saturated carbocycles. The number of rotatable bonds is 5. The van der Waals surface area contributed by atoms with Crippen molar-refractivity contribution in [3.8, 4) is 0 Å². The van der Waals surface area contributed by atoms with Crippen LogP contribution in [0.15, 0.2) is 36.5 Å². The number of benzene rings is 1. The van der Waals surface area contributed by atoms with Crippen LogP contribution in [0.2, 0.25) is 5.02 Å². The van der Waals surface area contributed by atoms with Gasteiger partial charge in [-0.05, 0) is 30.3 Å². The molecule has 1 N–H and O–H groups in total. The second-order valence-corrected chi connectivity index (χ2v) is 4.32. The SMILES string of the molecule is CCNCc1ccnn1Cc1ccc(Cl)cc1. The highest BCUT2D eigenvalue weighted by Crippen LogP contribution is 2.11. The van der Waals surface area contributed by atoms with Crippen LogP contribution in [0.25, 0.3) is 0 Å². The first-order valence-corrected chi connectivity index (χ1v) is 6.13. The lowest BCUT2D eigenvalue weighted by Gasteiger charge is -2.08. The second-order valence-electron chi connectivity index (χ2n) is 3.89. The van der Waals surface area contributed by atoms with Crippen LogP contribution >= 0.6 is 11.6 Å². The third kappa shape index (κ3) is 3.32. The van der Waals surface area contributed by atoms with Crippen molar-refractivity contribution in [1.82, 2.24) is 15.1 Å². The van der Waals surface area contributed by atoms with E-state index >= 15 is 0 Å². The molecule has 0 aliphatic rings. The molecule has 0 bridgehead atoms.